The summed E-state index contributed by atoms with van der Waals surface area (Å²) in [6.07, 6.45) is 1.35. The van der Waals surface area contributed by atoms with Gasteiger partial charge in [-0.25, -0.2) is 18.4 Å². The lowest BCUT2D eigenvalue weighted by molar-refractivity contribution is 0.433. The summed E-state index contributed by atoms with van der Waals surface area (Å²) in [5.41, 5.74) is 9.12. The Balaban J connectivity index is 1.59. The number of fused-ring (bicyclic) bond motifs is 2. The zero-order valence-corrected chi connectivity index (χ0v) is 17.1. The summed E-state index contributed by atoms with van der Waals surface area (Å²) in [5.74, 6) is 0.976. The van der Waals surface area contributed by atoms with E-state index < -0.39 is 10.0 Å². The van der Waals surface area contributed by atoms with E-state index >= 15 is 0 Å². The number of benzene rings is 3. The highest BCUT2D eigenvalue weighted by atomic mass is 32.2. The Kier molecular flexibility index (Phi) is 4.56. The Morgan fingerprint density at radius 2 is 1.61 bits per heavy atom. The summed E-state index contributed by atoms with van der Waals surface area (Å²) < 4.78 is 34.0. The highest BCUT2D eigenvalue weighted by Gasteiger charge is 2.32. The van der Waals surface area contributed by atoms with Gasteiger partial charge in [0, 0.05) is 17.5 Å². The summed E-state index contributed by atoms with van der Waals surface area (Å²) in [6.45, 7) is 0. The number of nitrogen functional groups attached to an aromatic ring is 1. The van der Waals surface area contributed by atoms with Crippen molar-refractivity contribution >= 4 is 21.5 Å². The Labute approximate surface area is 179 Å². The van der Waals surface area contributed by atoms with Crippen LogP contribution in [-0.4, -0.2) is 18.4 Å². The van der Waals surface area contributed by atoms with Gasteiger partial charge in [0.2, 0.25) is 5.88 Å². The number of nitrogens with zero attached hydrogens (tertiary/aromatic N) is 2. The molecule has 1 atom stereocenters. The second-order valence-electron chi connectivity index (χ2n) is 7.09. The molecule has 2 heterocycles. The molecular weight excluding hydrogens is 412 g/mol. The van der Waals surface area contributed by atoms with E-state index in [9.17, 15) is 8.42 Å². The minimum atomic E-state index is -3.72. The standard InChI is InChI=1S/C23H18N4O3S/c24-22-21-20(15-7-3-1-4-8-15)18-12-11-16(13-19(18)30-23(21)26-14-25-22)27-31(28,29)17-9-5-2-6-10-17/h1-14,20,27H,(H2,24,25,26). The van der Waals surface area contributed by atoms with Gasteiger partial charge in [-0.1, -0.05) is 54.6 Å². The second kappa shape index (κ2) is 7.41. The zero-order chi connectivity index (χ0) is 21.4. The molecule has 0 fully saturated rings. The molecule has 0 spiro atoms. The monoisotopic (exact) mass is 430 g/mol. The number of ether oxygens (including phenoxy) is 1. The fraction of sp³-hybridized carbons (Fsp3) is 0.0435. The van der Waals surface area contributed by atoms with E-state index in [1.165, 1.54) is 6.33 Å². The fourth-order valence-electron chi connectivity index (χ4n) is 3.73. The number of nitrogens with two attached hydrogens (primary N) is 1. The average molecular weight is 430 g/mol. The lowest BCUT2D eigenvalue weighted by Gasteiger charge is -2.28. The molecule has 4 aromatic rings. The maximum absolute atomic E-state index is 12.7. The molecule has 3 aromatic carbocycles. The normalized spacial score (nSPS) is 14.8. The minimum absolute atomic E-state index is 0.182. The van der Waals surface area contributed by atoms with E-state index in [0.29, 0.717) is 28.7 Å². The first-order valence-corrected chi connectivity index (χ1v) is 11.1. The minimum Gasteiger partial charge on any atom is -0.438 e. The van der Waals surface area contributed by atoms with Crippen LogP contribution in [0.25, 0.3) is 0 Å². The molecule has 0 bridgehead atoms. The highest BCUT2D eigenvalue weighted by molar-refractivity contribution is 7.92. The quantitative estimate of drug-likeness (QED) is 0.444. The van der Waals surface area contributed by atoms with Crippen LogP contribution < -0.4 is 15.2 Å². The van der Waals surface area contributed by atoms with Crippen LogP contribution in [0.1, 0.15) is 22.6 Å². The molecule has 31 heavy (non-hydrogen) atoms. The van der Waals surface area contributed by atoms with Crippen molar-refractivity contribution in [2.24, 2.45) is 0 Å². The summed E-state index contributed by atoms with van der Waals surface area (Å²) in [5, 5.41) is 0. The number of rotatable bonds is 4. The molecule has 0 amide bonds. The van der Waals surface area contributed by atoms with Crippen LogP contribution in [0, 0.1) is 0 Å². The number of nitrogens with one attached hydrogen (secondary N) is 1. The molecule has 3 N–H and O–H groups in total. The third kappa shape index (κ3) is 3.47. The van der Waals surface area contributed by atoms with Crippen LogP contribution in [0.3, 0.4) is 0 Å². The number of hydrogen-bond acceptors (Lipinski definition) is 6. The van der Waals surface area contributed by atoms with Crippen molar-refractivity contribution in [2.75, 3.05) is 10.5 Å². The van der Waals surface area contributed by atoms with Crippen molar-refractivity contribution < 1.29 is 13.2 Å². The SMILES string of the molecule is Nc1ncnc2c1C(c1ccccc1)c1ccc(NS(=O)(=O)c3ccccc3)cc1O2. The highest BCUT2D eigenvalue weighted by Crippen LogP contribution is 2.48. The van der Waals surface area contributed by atoms with Gasteiger partial charge in [-0.3, -0.25) is 4.72 Å². The molecule has 0 saturated carbocycles. The summed E-state index contributed by atoms with van der Waals surface area (Å²) in [7, 11) is -3.72. The number of anilines is 2. The molecule has 5 rings (SSSR count). The van der Waals surface area contributed by atoms with Crippen molar-refractivity contribution in [2.45, 2.75) is 10.8 Å². The van der Waals surface area contributed by atoms with Crippen molar-refractivity contribution in [3.63, 3.8) is 0 Å². The van der Waals surface area contributed by atoms with Gasteiger partial charge in [-0.15, -0.1) is 0 Å². The third-order valence-corrected chi connectivity index (χ3v) is 6.53. The molecule has 1 aliphatic rings. The Hall–Kier alpha value is -3.91. The van der Waals surface area contributed by atoms with Crippen LogP contribution in [0.15, 0.2) is 90.1 Å². The van der Waals surface area contributed by atoms with Crippen molar-refractivity contribution in [1.82, 2.24) is 9.97 Å². The van der Waals surface area contributed by atoms with Crippen LogP contribution >= 0.6 is 0 Å². The van der Waals surface area contributed by atoms with Gasteiger partial charge in [0.05, 0.1) is 16.1 Å². The molecule has 7 nitrogen and oxygen atoms in total. The van der Waals surface area contributed by atoms with Crippen LogP contribution in [0.4, 0.5) is 11.5 Å². The molecule has 0 saturated heterocycles. The van der Waals surface area contributed by atoms with E-state index in [1.54, 1.807) is 42.5 Å². The zero-order valence-electron chi connectivity index (χ0n) is 16.3. The van der Waals surface area contributed by atoms with E-state index in [2.05, 4.69) is 14.7 Å². The maximum atomic E-state index is 12.7. The number of sulfonamides is 1. The van der Waals surface area contributed by atoms with Gasteiger partial charge in [0.25, 0.3) is 10.0 Å². The van der Waals surface area contributed by atoms with E-state index in [0.717, 1.165) is 11.1 Å². The van der Waals surface area contributed by atoms with Gasteiger partial charge in [0.1, 0.15) is 17.9 Å². The molecule has 1 aromatic heterocycles. The van der Waals surface area contributed by atoms with Gasteiger partial charge >= 0.3 is 0 Å². The lowest BCUT2D eigenvalue weighted by atomic mass is 9.83. The van der Waals surface area contributed by atoms with Crippen molar-refractivity contribution in [3.8, 4) is 11.6 Å². The molecule has 8 heteroatoms. The molecule has 0 radical (unpaired) electrons. The number of aromatic nitrogens is 2. The summed E-state index contributed by atoms with van der Waals surface area (Å²) >= 11 is 0. The molecule has 154 valence electrons. The first-order valence-electron chi connectivity index (χ1n) is 9.58. The van der Waals surface area contributed by atoms with E-state index in [4.69, 9.17) is 10.5 Å². The smallest absolute Gasteiger partial charge is 0.261 e. The first-order chi connectivity index (χ1) is 15.0. The van der Waals surface area contributed by atoms with E-state index in [-0.39, 0.29) is 10.8 Å². The van der Waals surface area contributed by atoms with E-state index in [1.807, 2.05) is 36.4 Å². The third-order valence-electron chi connectivity index (χ3n) is 5.14. The van der Waals surface area contributed by atoms with Crippen molar-refractivity contribution in [1.29, 1.82) is 0 Å². The average Bonchev–Trinajstić information content (AvgIpc) is 2.79. The maximum Gasteiger partial charge on any atom is 0.261 e. The predicted octanol–water partition coefficient (Wildman–Crippen LogP) is 4.15. The second-order valence-corrected chi connectivity index (χ2v) is 8.78. The van der Waals surface area contributed by atoms with Crippen LogP contribution in [0.2, 0.25) is 0 Å². The molecule has 1 unspecified atom stereocenters. The lowest BCUT2D eigenvalue weighted by Crippen LogP contribution is -2.17. The van der Waals surface area contributed by atoms with Gasteiger partial charge < -0.3 is 10.5 Å². The topological polar surface area (TPSA) is 107 Å². The molecule has 1 aliphatic heterocycles. The van der Waals surface area contributed by atoms with Crippen molar-refractivity contribution in [3.05, 3.63) is 102 Å². The Morgan fingerprint density at radius 1 is 0.903 bits per heavy atom. The first kappa shape index (κ1) is 19.1. The van der Waals surface area contributed by atoms with Gasteiger partial charge in [-0.05, 0) is 23.8 Å². The van der Waals surface area contributed by atoms with Crippen LogP contribution in [0.5, 0.6) is 11.6 Å². The van der Waals surface area contributed by atoms with Gasteiger partial charge in [-0.2, -0.15) is 0 Å². The number of hydrogen-bond donors (Lipinski definition) is 2. The Morgan fingerprint density at radius 3 is 2.35 bits per heavy atom. The van der Waals surface area contributed by atoms with Crippen LogP contribution in [-0.2, 0) is 10.0 Å². The van der Waals surface area contributed by atoms with Gasteiger partial charge in [0.15, 0.2) is 0 Å². The molecule has 0 aliphatic carbocycles. The summed E-state index contributed by atoms with van der Waals surface area (Å²) in [6, 6.07) is 23.3. The Bertz CT molecular complexity index is 1360. The largest absolute Gasteiger partial charge is 0.438 e. The predicted molar refractivity (Wildman–Crippen MR) is 118 cm³/mol. The molecular formula is C23H18N4O3S. The summed E-state index contributed by atoms with van der Waals surface area (Å²) in [4.78, 5) is 8.57. The fourth-order valence-corrected chi connectivity index (χ4v) is 4.81.